The normalized spacial score (nSPS) is 24.3. The Bertz CT molecular complexity index is 627. The predicted octanol–water partition coefficient (Wildman–Crippen LogP) is 3.51. The van der Waals surface area contributed by atoms with Gasteiger partial charge < -0.3 is 9.80 Å². The fourth-order valence-electron chi connectivity index (χ4n) is 4.57. The van der Waals surface area contributed by atoms with Gasteiger partial charge in [-0.15, -0.1) is 0 Å². The van der Waals surface area contributed by atoms with Crippen LogP contribution in [0, 0.1) is 5.41 Å². The maximum Gasteiger partial charge on any atom is 0.253 e. The largest absolute Gasteiger partial charge is 0.339 e. The van der Waals surface area contributed by atoms with Crippen LogP contribution < -0.4 is 0 Å². The van der Waals surface area contributed by atoms with E-state index in [1.54, 1.807) is 24.5 Å². The minimum absolute atomic E-state index is 0.00633. The number of hydrogen-bond donors (Lipinski definition) is 0. The first-order valence-electron chi connectivity index (χ1n) is 10.1. The zero-order valence-electron chi connectivity index (χ0n) is 16.1. The molecule has 2 fully saturated rings. The van der Waals surface area contributed by atoms with Gasteiger partial charge in [0.2, 0.25) is 5.91 Å². The first-order valence-corrected chi connectivity index (χ1v) is 10.1. The first-order chi connectivity index (χ1) is 12.5. The summed E-state index contributed by atoms with van der Waals surface area (Å²) in [5, 5.41) is 0. The van der Waals surface area contributed by atoms with E-state index in [1.807, 2.05) is 11.8 Å². The summed E-state index contributed by atoms with van der Waals surface area (Å²) in [7, 11) is 0. The smallest absolute Gasteiger partial charge is 0.253 e. The Hall–Kier alpha value is -1.91. The number of carbonyl (C=O) groups is 2. The van der Waals surface area contributed by atoms with E-state index in [0.29, 0.717) is 18.2 Å². The maximum atomic E-state index is 13.4. The molecule has 0 N–H and O–H groups in total. The van der Waals surface area contributed by atoms with E-state index in [9.17, 15) is 9.59 Å². The van der Waals surface area contributed by atoms with Crippen LogP contribution in [0.3, 0.4) is 0 Å². The third-order valence-electron chi connectivity index (χ3n) is 6.04. The van der Waals surface area contributed by atoms with Crippen molar-refractivity contribution in [3.8, 4) is 0 Å². The second kappa shape index (κ2) is 8.19. The van der Waals surface area contributed by atoms with Crippen molar-refractivity contribution in [2.24, 2.45) is 5.41 Å². The molecule has 26 heavy (non-hydrogen) atoms. The van der Waals surface area contributed by atoms with Crippen LogP contribution in [-0.4, -0.2) is 52.3 Å². The van der Waals surface area contributed by atoms with E-state index in [-0.39, 0.29) is 11.8 Å². The lowest BCUT2D eigenvalue weighted by Crippen LogP contribution is -2.55. The number of pyridine rings is 1. The predicted molar refractivity (Wildman–Crippen MR) is 102 cm³/mol. The Balaban J connectivity index is 1.73. The van der Waals surface area contributed by atoms with E-state index < -0.39 is 5.41 Å². The molecule has 1 aromatic heterocycles. The zero-order valence-corrected chi connectivity index (χ0v) is 16.1. The summed E-state index contributed by atoms with van der Waals surface area (Å²) in [5.74, 6) is 0.242. The van der Waals surface area contributed by atoms with Crippen LogP contribution in [0.1, 0.15) is 69.2 Å². The molecule has 2 amide bonds. The van der Waals surface area contributed by atoms with Crippen LogP contribution in [-0.2, 0) is 4.79 Å². The standard InChI is InChI=1S/C21H31N3O2/c1-3-24(18-8-5-4-6-9-18)20(26)21(2)12-7-15-23(16-21)19(25)17-10-13-22-14-11-17/h10-11,13-14,18H,3-9,12,15-16H2,1-2H3. The van der Waals surface area contributed by atoms with Crippen LogP contribution in [0.2, 0.25) is 0 Å². The summed E-state index contributed by atoms with van der Waals surface area (Å²) < 4.78 is 0. The van der Waals surface area contributed by atoms with E-state index in [0.717, 1.165) is 38.8 Å². The summed E-state index contributed by atoms with van der Waals surface area (Å²) >= 11 is 0. The van der Waals surface area contributed by atoms with Crippen molar-refractivity contribution >= 4 is 11.8 Å². The second-order valence-corrected chi connectivity index (χ2v) is 8.01. The number of likely N-dealkylation sites (tertiary alicyclic amines) is 1. The number of piperidine rings is 1. The molecule has 1 aromatic rings. The van der Waals surface area contributed by atoms with Crippen molar-refractivity contribution in [3.05, 3.63) is 30.1 Å². The summed E-state index contributed by atoms with van der Waals surface area (Å²) in [6, 6.07) is 3.87. The number of hydrogen-bond acceptors (Lipinski definition) is 3. The van der Waals surface area contributed by atoms with Gasteiger partial charge in [-0.05, 0) is 51.7 Å². The van der Waals surface area contributed by atoms with Crippen LogP contribution in [0.5, 0.6) is 0 Å². The lowest BCUT2D eigenvalue weighted by Gasteiger charge is -2.44. The summed E-state index contributed by atoms with van der Waals surface area (Å²) in [6.45, 7) is 6.12. The minimum Gasteiger partial charge on any atom is -0.339 e. The third-order valence-corrected chi connectivity index (χ3v) is 6.04. The molecule has 1 saturated heterocycles. The summed E-state index contributed by atoms with van der Waals surface area (Å²) in [4.78, 5) is 34.2. The van der Waals surface area contributed by atoms with E-state index in [1.165, 1.54) is 19.3 Å². The molecular weight excluding hydrogens is 326 g/mol. The van der Waals surface area contributed by atoms with Gasteiger partial charge in [0.05, 0.1) is 5.41 Å². The highest BCUT2D eigenvalue weighted by Gasteiger charge is 2.43. The summed E-state index contributed by atoms with van der Waals surface area (Å²) in [5.41, 5.74) is 0.172. The Labute approximate surface area is 156 Å². The van der Waals surface area contributed by atoms with Gasteiger partial charge in [0, 0.05) is 43.6 Å². The van der Waals surface area contributed by atoms with Gasteiger partial charge in [0.25, 0.3) is 5.91 Å². The monoisotopic (exact) mass is 357 g/mol. The molecule has 2 heterocycles. The SMILES string of the molecule is CCN(C(=O)C1(C)CCCN(C(=O)c2ccncc2)C1)C1CCCCC1. The molecule has 1 saturated carbocycles. The molecule has 5 nitrogen and oxygen atoms in total. The van der Waals surface area contributed by atoms with Gasteiger partial charge in [-0.2, -0.15) is 0 Å². The lowest BCUT2D eigenvalue weighted by molar-refractivity contribution is -0.146. The average Bonchev–Trinajstić information content (AvgIpc) is 2.69. The Morgan fingerprint density at radius 1 is 1.19 bits per heavy atom. The number of amides is 2. The minimum atomic E-state index is -0.478. The molecule has 0 bridgehead atoms. The van der Waals surface area contributed by atoms with Gasteiger partial charge in [-0.25, -0.2) is 0 Å². The number of rotatable bonds is 4. The number of aromatic nitrogens is 1. The van der Waals surface area contributed by atoms with Crippen LogP contribution >= 0.6 is 0 Å². The molecule has 142 valence electrons. The van der Waals surface area contributed by atoms with Crippen molar-refractivity contribution in [3.63, 3.8) is 0 Å². The van der Waals surface area contributed by atoms with Crippen LogP contribution in [0.25, 0.3) is 0 Å². The third kappa shape index (κ3) is 3.92. The Morgan fingerprint density at radius 3 is 2.54 bits per heavy atom. The van der Waals surface area contributed by atoms with Gasteiger partial charge in [-0.3, -0.25) is 14.6 Å². The summed E-state index contributed by atoms with van der Waals surface area (Å²) in [6.07, 6.45) is 11.0. The molecule has 3 rings (SSSR count). The Morgan fingerprint density at radius 2 is 1.88 bits per heavy atom. The number of carbonyl (C=O) groups excluding carboxylic acids is 2. The van der Waals surface area contributed by atoms with Crippen molar-refractivity contribution in [2.75, 3.05) is 19.6 Å². The molecule has 0 aromatic carbocycles. The van der Waals surface area contributed by atoms with Gasteiger partial charge in [0.1, 0.15) is 0 Å². The van der Waals surface area contributed by atoms with Gasteiger partial charge in [0.15, 0.2) is 0 Å². The molecule has 1 aliphatic heterocycles. The van der Waals surface area contributed by atoms with Crippen molar-refractivity contribution in [1.29, 1.82) is 0 Å². The lowest BCUT2D eigenvalue weighted by atomic mass is 9.79. The highest BCUT2D eigenvalue weighted by molar-refractivity contribution is 5.94. The molecular formula is C21H31N3O2. The van der Waals surface area contributed by atoms with E-state index in [2.05, 4.69) is 16.8 Å². The molecule has 1 aliphatic carbocycles. The highest BCUT2D eigenvalue weighted by atomic mass is 16.2. The van der Waals surface area contributed by atoms with Crippen molar-refractivity contribution < 1.29 is 9.59 Å². The van der Waals surface area contributed by atoms with Crippen LogP contribution in [0.15, 0.2) is 24.5 Å². The molecule has 0 radical (unpaired) electrons. The zero-order chi connectivity index (χ0) is 18.6. The maximum absolute atomic E-state index is 13.4. The molecule has 5 heteroatoms. The Kier molecular flexibility index (Phi) is 5.94. The average molecular weight is 357 g/mol. The molecule has 0 spiro atoms. The van der Waals surface area contributed by atoms with Gasteiger partial charge in [-0.1, -0.05) is 19.3 Å². The van der Waals surface area contributed by atoms with Crippen molar-refractivity contribution in [1.82, 2.24) is 14.8 Å². The number of nitrogens with zero attached hydrogens (tertiary/aromatic N) is 3. The fourth-order valence-corrected chi connectivity index (χ4v) is 4.57. The molecule has 1 atom stereocenters. The molecule has 1 unspecified atom stereocenters. The van der Waals surface area contributed by atoms with E-state index >= 15 is 0 Å². The second-order valence-electron chi connectivity index (χ2n) is 8.01. The van der Waals surface area contributed by atoms with Crippen molar-refractivity contribution in [2.45, 2.75) is 64.8 Å². The van der Waals surface area contributed by atoms with Gasteiger partial charge >= 0.3 is 0 Å². The topological polar surface area (TPSA) is 53.5 Å². The van der Waals surface area contributed by atoms with E-state index in [4.69, 9.17) is 0 Å². The quantitative estimate of drug-likeness (QED) is 0.829. The first kappa shape index (κ1) is 18.9. The molecule has 2 aliphatic rings. The van der Waals surface area contributed by atoms with Crippen LogP contribution in [0.4, 0.5) is 0 Å². The fraction of sp³-hybridized carbons (Fsp3) is 0.667. The highest BCUT2D eigenvalue weighted by Crippen LogP contribution is 2.34.